The Morgan fingerprint density at radius 1 is 1.13 bits per heavy atom. The van der Waals surface area contributed by atoms with Crippen LogP contribution in [0, 0.1) is 5.82 Å². The molecule has 4 rings (SSSR count). The van der Waals surface area contributed by atoms with Gasteiger partial charge in [0.2, 0.25) is 0 Å². The lowest BCUT2D eigenvalue weighted by Gasteiger charge is -2.31. The van der Waals surface area contributed by atoms with Crippen molar-refractivity contribution in [1.82, 2.24) is 10.2 Å². The summed E-state index contributed by atoms with van der Waals surface area (Å²) >= 11 is 0. The number of carbonyl (C=O) groups excluding carboxylic acids is 1. The number of nitrogens with one attached hydrogen (secondary N) is 1. The first-order chi connectivity index (χ1) is 14.6. The Morgan fingerprint density at radius 2 is 1.93 bits per heavy atom. The third-order valence-electron chi connectivity index (χ3n) is 5.13. The average molecular weight is 408 g/mol. The highest BCUT2D eigenvalue weighted by molar-refractivity contribution is 5.92. The molecule has 1 aromatic heterocycles. The van der Waals surface area contributed by atoms with Crippen LogP contribution in [0.25, 0.3) is 11.3 Å². The number of morpholine rings is 1. The van der Waals surface area contributed by atoms with Crippen LogP contribution in [0.15, 0.2) is 65.1 Å². The van der Waals surface area contributed by atoms with Crippen molar-refractivity contribution in [2.24, 2.45) is 0 Å². The number of furan rings is 1. The summed E-state index contributed by atoms with van der Waals surface area (Å²) in [6, 6.07) is 17.5. The van der Waals surface area contributed by atoms with E-state index in [9.17, 15) is 9.18 Å². The van der Waals surface area contributed by atoms with E-state index in [0.29, 0.717) is 12.3 Å². The predicted octanol–water partition coefficient (Wildman–Crippen LogP) is 4.24. The molecule has 1 saturated heterocycles. The van der Waals surface area contributed by atoms with Gasteiger partial charge in [-0.2, -0.15) is 0 Å². The molecule has 156 valence electrons. The molecule has 0 radical (unpaired) electrons. The third-order valence-corrected chi connectivity index (χ3v) is 5.13. The van der Waals surface area contributed by atoms with Crippen LogP contribution < -0.4 is 5.32 Å². The molecule has 1 N–H and O–H groups in total. The van der Waals surface area contributed by atoms with Crippen LogP contribution in [0.5, 0.6) is 0 Å². The van der Waals surface area contributed by atoms with Crippen molar-refractivity contribution >= 4 is 5.91 Å². The van der Waals surface area contributed by atoms with Gasteiger partial charge < -0.3 is 14.5 Å². The fourth-order valence-electron chi connectivity index (χ4n) is 3.63. The Balaban J connectivity index is 1.34. The molecule has 5 nitrogen and oxygen atoms in total. The van der Waals surface area contributed by atoms with Gasteiger partial charge in [-0.05, 0) is 54.4 Å². The quantitative estimate of drug-likeness (QED) is 0.663. The summed E-state index contributed by atoms with van der Waals surface area (Å²) in [5, 5.41) is 2.90. The predicted molar refractivity (Wildman–Crippen MR) is 112 cm³/mol. The van der Waals surface area contributed by atoms with E-state index in [4.69, 9.17) is 9.15 Å². The number of ether oxygens (including phenoxy) is 1. The molecule has 1 unspecified atom stereocenters. The Kier molecular flexibility index (Phi) is 6.26. The van der Waals surface area contributed by atoms with Crippen LogP contribution >= 0.6 is 0 Å². The fraction of sp³-hybridized carbons (Fsp3) is 0.292. The molecule has 1 amide bonds. The molecule has 2 aromatic carbocycles. The zero-order chi connectivity index (χ0) is 20.9. The number of amides is 1. The van der Waals surface area contributed by atoms with Crippen molar-refractivity contribution in [3.05, 3.63) is 83.4 Å². The molecule has 6 heteroatoms. The zero-order valence-corrected chi connectivity index (χ0v) is 16.9. The molecule has 1 fully saturated rings. The monoisotopic (exact) mass is 408 g/mol. The zero-order valence-electron chi connectivity index (χ0n) is 16.9. The number of hydrogen-bond donors (Lipinski definition) is 1. The number of halogens is 1. The van der Waals surface area contributed by atoms with Crippen molar-refractivity contribution < 1.29 is 18.3 Å². The fourth-order valence-corrected chi connectivity index (χ4v) is 3.63. The van der Waals surface area contributed by atoms with Crippen LogP contribution in [0.2, 0.25) is 0 Å². The summed E-state index contributed by atoms with van der Waals surface area (Å²) in [4.78, 5) is 14.8. The summed E-state index contributed by atoms with van der Waals surface area (Å²) in [6.07, 6.45) is 0.259. The molecule has 0 bridgehead atoms. The van der Waals surface area contributed by atoms with Crippen LogP contribution in [0.1, 0.15) is 28.6 Å². The van der Waals surface area contributed by atoms with Crippen molar-refractivity contribution in [3.63, 3.8) is 0 Å². The van der Waals surface area contributed by atoms with Crippen LogP contribution in [-0.2, 0) is 17.8 Å². The highest BCUT2D eigenvalue weighted by Gasteiger charge is 2.17. The van der Waals surface area contributed by atoms with Crippen LogP contribution in [0.3, 0.4) is 0 Å². The summed E-state index contributed by atoms with van der Waals surface area (Å²) < 4.78 is 24.3. The van der Waals surface area contributed by atoms with Crippen molar-refractivity contribution in [1.29, 1.82) is 0 Å². The highest BCUT2D eigenvalue weighted by Crippen LogP contribution is 2.22. The smallest absolute Gasteiger partial charge is 0.287 e. The molecule has 0 saturated carbocycles. The Bertz CT molecular complexity index is 1000. The second-order valence-corrected chi connectivity index (χ2v) is 7.59. The van der Waals surface area contributed by atoms with E-state index in [1.807, 2.05) is 12.1 Å². The number of hydrogen-bond acceptors (Lipinski definition) is 4. The molecular weight excluding hydrogens is 383 g/mol. The summed E-state index contributed by atoms with van der Waals surface area (Å²) in [6.45, 7) is 6.00. The Labute approximate surface area is 175 Å². The van der Waals surface area contributed by atoms with Gasteiger partial charge in [-0.3, -0.25) is 9.69 Å². The van der Waals surface area contributed by atoms with Crippen LogP contribution in [-0.4, -0.2) is 36.6 Å². The first-order valence-electron chi connectivity index (χ1n) is 10.1. The highest BCUT2D eigenvalue weighted by atomic mass is 19.1. The van der Waals surface area contributed by atoms with Gasteiger partial charge in [-0.1, -0.05) is 24.3 Å². The lowest BCUT2D eigenvalue weighted by atomic mass is 10.1. The number of nitrogens with zero attached hydrogens (tertiary/aromatic N) is 1. The minimum Gasteiger partial charge on any atom is -0.451 e. The van der Waals surface area contributed by atoms with E-state index in [-0.39, 0.29) is 23.6 Å². The van der Waals surface area contributed by atoms with Gasteiger partial charge in [0.05, 0.1) is 12.7 Å². The number of carbonyl (C=O) groups is 1. The average Bonchev–Trinajstić information content (AvgIpc) is 3.23. The molecule has 1 atom stereocenters. The van der Waals surface area contributed by atoms with Crippen molar-refractivity contribution in [3.8, 4) is 11.3 Å². The van der Waals surface area contributed by atoms with Gasteiger partial charge in [0, 0.05) is 31.7 Å². The van der Waals surface area contributed by atoms with E-state index in [2.05, 4.69) is 29.3 Å². The van der Waals surface area contributed by atoms with Crippen molar-refractivity contribution in [2.75, 3.05) is 19.7 Å². The molecule has 3 aromatic rings. The number of rotatable bonds is 6. The molecule has 1 aliphatic heterocycles. The molecule has 0 spiro atoms. The van der Waals surface area contributed by atoms with E-state index in [1.165, 1.54) is 17.7 Å². The summed E-state index contributed by atoms with van der Waals surface area (Å²) in [7, 11) is 0. The van der Waals surface area contributed by atoms with Crippen molar-refractivity contribution in [2.45, 2.75) is 26.1 Å². The number of benzene rings is 2. The van der Waals surface area contributed by atoms with E-state index in [1.54, 1.807) is 24.3 Å². The Morgan fingerprint density at radius 3 is 2.73 bits per heavy atom. The van der Waals surface area contributed by atoms with Gasteiger partial charge in [0.1, 0.15) is 11.6 Å². The lowest BCUT2D eigenvalue weighted by Crippen LogP contribution is -2.40. The van der Waals surface area contributed by atoms with Gasteiger partial charge >= 0.3 is 0 Å². The topological polar surface area (TPSA) is 54.7 Å². The summed E-state index contributed by atoms with van der Waals surface area (Å²) in [5.74, 6) is 0.166. The second kappa shape index (κ2) is 9.24. The molecular formula is C24H25FN2O3. The van der Waals surface area contributed by atoms with E-state index in [0.717, 1.165) is 37.4 Å². The maximum Gasteiger partial charge on any atom is 0.287 e. The largest absolute Gasteiger partial charge is 0.451 e. The minimum atomic E-state index is -0.311. The SMILES string of the molecule is CC1CN(Cc2cccc(CNC(=O)c3ccc(-c4ccc(F)cc4)o3)c2)CCO1. The van der Waals surface area contributed by atoms with Gasteiger partial charge in [0.25, 0.3) is 5.91 Å². The molecule has 1 aliphatic rings. The third kappa shape index (κ3) is 5.14. The standard InChI is InChI=1S/C24H25FN2O3/c1-17-15-27(11-12-29-17)16-19-4-2-3-18(13-19)14-26-24(28)23-10-9-22(30-23)20-5-7-21(25)8-6-20/h2-10,13,17H,11-12,14-16H2,1H3,(H,26,28). The maximum absolute atomic E-state index is 13.1. The van der Waals surface area contributed by atoms with E-state index < -0.39 is 0 Å². The van der Waals surface area contributed by atoms with Gasteiger partial charge in [-0.25, -0.2) is 4.39 Å². The Hall–Kier alpha value is -2.96. The first kappa shape index (κ1) is 20.3. The molecule has 30 heavy (non-hydrogen) atoms. The summed E-state index contributed by atoms with van der Waals surface area (Å²) in [5.41, 5.74) is 2.97. The normalized spacial score (nSPS) is 17.1. The van der Waals surface area contributed by atoms with Crippen LogP contribution in [0.4, 0.5) is 4.39 Å². The van der Waals surface area contributed by atoms with Gasteiger partial charge in [-0.15, -0.1) is 0 Å². The second-order valence-electron chi connectivity index (χ2n) is 7.59. The minimum absolute atomic E-state index is 0.229. The molecule has 0 aliphatic carbocycles. The lowest BCUT2D eigenvalue weighted by molar-refractivity contribution is -0.0212. The molecule has 2 heterocycles. The van der Waals surface area contributed by atoms with Gasteiger partial charge in [0.15, 0.2) is 5.76 Å². The first-order valence-corrected chi connectivity index (χ1v) is 10.1. The van der Waals surface area contributed by atoms with E-state index >= 15 is 0 Å². The maximum atomic E-state index is 13.1.